The first kappa shape index (κ1) is 15.2. The number of alkyl halides is 3. The summed E-state index contributed by atoms with van der Waals surface area (Å²) in [6.07, 6.45) is -4.62. The van der Waals surface area contributed by atoms with Crippen LogP contribution >= 0.6 is 34.8 Å². The molecule has 2 nitrogen and oxygen atoms in total. The van der Waals surface area contributed by atoms with E-state index in [0.29, 0.717) is 0 Å². The lowest BCUT2D eigenvalue weighted by Gasteiger charge is -2.12. The Morgan fingerprint density at radius 3 is 2.20 bits per heavy atom. The van der Waals surface area contributed by atoms with Gasteiger partial charge in [-0.05, 0) is 29.8 Å². The number of pyridine rings is 1. The normalized spacial score (nSPS) is 11.7. The largest absolute Gasteiger partial charge is 0.433 e. The maximum atomic E-state index is 12.7. The first-order valence-corrected chi connectivity index (χ1v) is 6.32. The van der Waals surface area contributed by atoms with Crippen molar-refractivity contribution in [3.63, 3.8) is 0 Å². The van der Waals surface area contributed by atoms with Crippen molar-refractivity contribution in [2.24, 2.45) is 0 Å². The maximum Gasteiger partial charge on any atom is 0.433 e. The van der Waals surface area contributed by atoms with Gasteiger partial charge in [-0.2, -0.15) is 13.2 Å². The molecule has 2 aromatic rings. The fourth-order valence-corrected chi connectivity index (χ4v) is 2.38. The van der Waals surface area contributed by atoms with Crippen LogP contribution in [0.25, 0.3) is 11.1 Å². The smallest absolute Gasteiger partial charge is 0.384 e. The Labute approximate surface area is 127 Å². The average Bonchev–Trinajstić information content (AvgIpc) is 2.33. The Balaban J connectivity index is 2.71. The summed E-state index contributed by atoms with van der Waals surface area (Å²) in [6.45, 7) is 0. The minimum atomic E-state index is -4.62. The van der Waals surface area contributed by atoms with Crippen molar-refractivity contribution in [3.8, 4) is 11.1 Å². The Hall–Kier alpha value is -1.17. The lowest BCUT2D eigenvalue weighted by molar-refractivity contribution is -0.141. The molecule has 0 fully saturated rings. The maximum absolute atomic E-state index is 12.7. The molecule has 1 heterocycles. The molecule has 0 bridgehead atoms. The summed E-state index contributed by atoms with van der Waals surface area (Å²) in [7, 11) is 0. The highest BCUT2D eigenvalue weighted by Gasteiger charge is 2.33. The SMILES string of the molecule is Nc1cc(-c2c(Cl)ccc(Cl)c2Cl)cc(C(F)(F)F)n1. The standard InChI is InChI=1S/C12H6Cl3F3N2/c13-6-1-2-7(14)11(15)10(6)5-3-8(12(16,17)18)20-9(19)4-5/h1-4H,(H2,19,20). The van der Waals surface area contributed by atoms with Crippen LogP contribution in [0.1, 0.15) is 5.69 Å². The van der Waals surface area contributed by atoms with Gasteiger partial charge in [0.25, 0.3) is 0 Å². The topological polar surface area (TPSA) is 38.9 Å². The predicted octanol–water partition coefficient (Wildman–Crippen LogP) is 5.31. The summed E-state index contributed by atoms with van der Waals surface area (Å²) >= 11 is 17.8. The van der Waals surface area contributed by atoms with Crippen LogP contribution in [0.3, 0.4) is 0 Å². The van der Waals surface area contributed by atoms with Gasteiger partial charge < -0.3 is 5.73 Å². The Morgan fingerprint density at radius 2 is 1.60 bits per heavy atom. The van der Waals surface area contributed by atoms with E-state index in [2.05, 4.69) is 4.98 Å². The summed E-state index contributed by atoms with van der Waals surface area (Å²) in [5, 5.41) is 0.394. The van der Waals surface area contributed by atoms with Crippen LogP contribution in [0.4, 0.5) is 19.0 Å². The third-order valence-electron chi connectivity index (χ3n) is 2.47. The zero-order chi connectivity index (χ0) is 15.1. The summed E-state index contributed by atoms with van der Waals surface area (Å²) in [5.74, 6) is -0.290. The number of nitrogen functional groups attached to an aromatic ring is 1. The number of halogens is 6. The van der Waals surface area contributed by atoms with E-state index in [0.717, 1.165) is 6.07 Å². The summed E-state index contributed by atoms with van der Waals surface area (Å²) in [4.78, 5) is 3.25. The number of anilines is 1. The number of nitrogens with zero attached hydrogens (tertiary/aromatic N) is 1. The number of hydrogen-bond acceptors (Lipinski definition) is 2. The zero-order valence-corrected chi connectivity index (χ0v) is 11.9. The van der Waals surface area contributed by atoms with Gasteiger partial charge in [0.15, 0.2) is 0 Å². The summed E-state index contributed by atoms with van der Waals surface area (Å²) in [5.41, 5.74) is 4.56. The molecule has 20 heavy (non-hydrogen) atoms. The fourth-order valence-electron chi connectivity index (χ4n) is 1.63. The Bertz CT molecular complexity index is 672. The molecule has 0 saturated carbocycles. The number of rotatable bonds is 1. The highest BCUT2D eigenvalue weighted by Crippen LogP contribution is 2.41. The van der Waals surface area contributed by atoms with Gasteiger partial charge >= 0.3 is 6.18 Å². The van der Waals surface area contributed by atoms with E-state index < -0.39 is 11.9 Å². The Morgan fingerprint density at radius 1 is 1.00 bits per heavy atom. The van der Waals surface area contributed by atoms with Gasteiger partial charge in [-0.1, -0.05) is 34.8 Å². The van der Waals surface area contributed by atoms with Gasteiger partial charge in [0, 0.05) is 10.6 Å². The number of nitrogens with two attached hydrogens (primary N) is 1. The van der Waals surface area contributed by atoms with Crippen molar-refractivity contribution >= 4 is 40.6 Å². The van der Waals surface area contributed by atoms with Crippen LogP contribution in [0, 0.1) is 0 Å². The first-order valence-electron chi connectivity index (χ1n) is 5.19. The van der Waals surface area contributed by atoms with Gasteiger partial charge in [-0.3, -0.25) is 0 Å². The van der Waals surface area contributed by atoms with Crippen molar-refractivity contribution in [3.05, 3.63) is 45.0 Å². The molecule has 0 atom stereocenters. The third-order valence-corrected chi connectivity index (χ3v) is 3.59. The molecule has 0 radical (unpaired) electrons. The first-order chi connectivity index (χ1) is 9.20. The second kappa shape index (κ2) is 5.31. The van der Waals surface area contributed by atoms with Gasteiger partial charge in [0.1, 0.15) is 11.5 Å². The third kappa shape index (κ3) is 2.95. The molecule has 8 heteroatoms. The molecule has 0 aliphatic heterocycles. The lowest BCUT2D eigenvalue weighted by atomic mass is 10.1. The minimum absolute atomic E-state index is 0.0536. The van der Waals surface area contributed by atoms with Crippen molar-refractivity contribution in [2.75, 3.05) is 5.73 Å². The van der Waals surface area contributed by atoms with Crippen molar-refractivity contribution < 1.29 is 13.2 Å². The molecule has 0 saturated heterocycles. The highest BCUT2D eigenvalue weighted by atomic mass is 35.5. The number of hydrogen-bond donors (Lipinski definition) is 1. The molecule has 0 spiro atoms. The lowest BCUT2D eigenvalue weighted by Crippen LogP contribution is -2.09. The molecular formula is C12H6Cl3F3N2. The van der Waals surface area contributed by atoms with Crippen molar-refractivity contribution in [1.82, 2.24) is 4.98 Å². The molecular weight excluding hydrogens is 335 g/mol. The molecule has 2 rings (SSSR count). The van der Waals surface area contributed by atoms with Gasteiger partial charge in [0.05, 0.1) is 10.0 Å². The van der Waals surface area contributed by atoms with Crippen molar-refractivity contribution in [2.45, 2.75) is 6.18 Å². The second-order valence-electron chi connectivity index (χ2n) is 3.88. The van der Waals surface area contributed by atoms with Gasteiger partial charge in [0.2, 0.25) is 0 Å². The monoisotopic (exact) mass is 340 g/mol. The predicted molar refractivity (Wildman–Crippen MR) is 74.1 cm³/mol. The van der Waals surface area contributed by atoms with Crippen molar-refractivity contribution in [1.29, 1.82) is 0 Å². The van der Waals surface area contributed by atoms with Gasteiger partial charge in [-0.15, -0.1) is 0 Å². The zero-order valence-electron chi connectivity index (χ0n) is 9.60. The number of aromatic nitrogens is 1. The highest BCUT2D eigenvalue weighted by molar-refractivity contribution is 6.46. The van der Waals surface area contributed by atoms with Crippen LogP contribution in [0.5, 0.6) is 0 Å². The van der Waals surface area contributed by atoms with Crippen LogP contribution in [-0.2, 0) is 6.18 Å². The molecule has 1 aromatic heterocycles. The van der Waals surface area contributed by atoms with E-state index in [-0.39, 0.29) is 32.0 Å². The fraction of sp³-hybridized carbons (Fsp3) is 0.0833. The van der Waals surface area contributed by atoms with E-state index in [9.17, 15) is 13.2 Å². The van der Waals surface area contributed by atoms with Crippen LogP contribution in [0.2, 0.25) is 15.1 Å². The molecule has 2 N–H and O–H groups in total. The summed E-state index contributed by atoms with van der Waals surface area (Å²) < 4.78 is 38.2. The van der Waals surface area contributed by atoms with Crippen LogP contribution in [0.15, 0.2) is 24.3 Å². The molecule has 0 aliphatic rings. The summed E-state index contributed by atoms with van der Waals surface area (Å²) in [6, 6.07) is 4.96. The van der Waals surface area contributed by atoms with E-state index in [1.54, 1.807) is 0 Å². The van der Waals surface area contributed by atoms with E-state index >= 15 is 0 Å². The second-order valence-corrected chi connectivity index (χ2v) is 5.07. The van der Waals surface area contributed by atoms with E-state index in [1.165, 1.54) is 18.2 Å². The molecule has 106 valence electrons. The van der Waals surface area contributed by atoms with Gasteiger partial charge in [-0.25, -0.2) is 4.98 Å². The van der Waals surface area contributed by atoms with E-state index in [4.69, 9.17) is 40.5 Å². The van der Waals surface area contributed by atoms with Crippen LogP contribution < -0.4 is 5.73 Å². The average molecular weight is 342 g/mol. The minimum Gasteiger partial charge on any atom is -0.384 e. The van der Waals surface area contributed by atoms with E-state index in [1.807, 2.05) is 0 Å². The molecule has 1 aromatic carbocycles. The quantitative estimate of drug-likeness (QED) is 0.714. The molecule has 0 unspecified atom stereocenters. The number of benzene rings is 1. The molecule has 0 aliphatic carbocycles. The molecule has 0 amide bonds. The van der Waals surface area contributed by atoms with Crippen LogP contribution in [-0.4, -0.2) is 4.98 Å². The Kier molecular flexibility index (Phi) is 4.04.